The topological polar surface area (TPSA) is 23.5 Å². The van der Waals surface area contributed by atoms with Crippen LogP contribution >= 0.6 is 15.9 Å². The molecule has 0 saturated heterocycles. The fourth-order valence-electron chi connectivity index (χ4n) is 1.79. The Hall–Kier alpha value is -0.540. The monoisotopic (exact) mass is 299 g/mol. The number of hydrogen-bond donors (Lipinski definition) is 1. The van der Waals surface area contributed by atoms with Crippen LogP contribution in [-0.2, 0) is 0 Å². The molecule has 1 rings (SSSR count). The molecule has 0 fully saturated rings. The minimum Gasteiger partial charge on any atom is -0.389 e. The van der Waals surface area contributed by atoms with Crippen molar-refractivity contribution in [3.05, 3.63) is 28.2 Å². The molecule has 96 valence electrons. The molecule has 0 bridgehead atoms. The second kappa shape index (κ2) is 6.41. The summed E-state index contributed by atoms with van der Waals surface area (Å²) in [6, 6.07) is 6.04. The Morgan fingerprint density at radius 1 is 1.35 bits per heavy atom. The van der Waals surface area contributed by atoms with Gasteiger partial charge in [-0.05, 0) is 46.5 Å². The van der Waals surface area contributed by atoms with Gasteiger partial charge in [0.05, 0.1) is 11.8 Å². The van der Waals surface area contributed by atoms with E-state index < -0.39 is 6.10 Å². The molecule has 0 aliphatic carbocycles. The summed E-state index contributed by atoms with van der Waals surface area (Å²) in [5, 5.41) is 9.53. The number of nitrogens with zero attached hydrogens (tertiary/aromatic N) is 1. The van der Waals surface area contributed by atoms with Crippen molar-refractivity contribution in [2.75, 3.05) is 18.5 Å². The summed E-state index contributed by atoms with van der Waals surface area (Å²) in [5.41, 5.74) is 2.12. The highest BCUT2D eigenvalue weighted by Gasteiger charge is 2.10. The third-order valence-corrected chi connectivity index (χ3v) is 3.78. The number of aliphatic hydroxyl groups is 1. The maximum absolute atomic E-state index is 9.53. The molecule has 0 aromatic heterocycles. The van der Waals surface area contributed by atoms with Crippen molar-refractivity contribution in [3.63, 3.8) is 0 Å². The van der Waals surface area contributed by atoms with Crippen molar-refractivity contribution in [2.45, 2.75) is 33.3 Å². The van der Waals surface area contributed by atoms with E-state index in [4.69, 9.17) is 0 Å². The molecule has 1 aromatic carbocycles. The van der Waals surface area contributed by atoms with E-state index in [0.717, 1.165) is 16.6 Å². The molecular weight excluding hydrogens is 278 g/mol. The average Bonchev–Trinajstić information content (AvgIpc) is 2.28. The van der Waals surface area contributed by atoms with Crippen LogP contribution in [0.2, 0.25) is 0 Å². The standard InChI is InChI=1S/C14H22BrNO/c1-5-10(2)9-16(4)14-7-6-12(11(3)17)8-13(14)15/h6-8,10-11,17H,5,9H2,1-4H3/t10?,11-/m0/s1. The van der Waals surface area contributed by atoms with Crippen LogP contribution in [0.4, 0.5) is 5.69 Å². The van der Waals surface area contributed by atoms with Crippen molar-refractivity contribution in [1.82, 2.24) is 0 Å². The van der Waals surface area contributed by atoms with Gasteiger partial charge in [0.1, 0.15) is 0 Å². The molecular formula is C14H22BrNO. The molecule has 17 heavy (non-hydrogen) atoms. The predicted octanol–water partition coefficient (Wildman–Crippen LogP) is 3.98. The molecule has 0 amide bonds. The molecule has 1 N–H and O–H groups in total. The Morgan fingerprint density at radius 2 is 2.00 bits per heavy atom. The summed E-state index contributed by atoms with van der Waals surface area (Å²) in [4.78, 5) is 2.25. The van der Waals surface area contributed by atoms with Crippen molar-refractivity contribution in [3.8, 4) is 0 Å². The zero-order valence-corrected chi connectivity index (χ0v) is 12.7. The lowest BCUT2D eigenvalue weighted by molar-refractivity contribution is 0.199. The Bertz CT molecular complexity index is 365. The van der Waals surface area contributed by atoms with Crippen LogP contribution in [0, 0.1) is 5.92 Å². The van der Waals surface area contributed by atoms with Gasteiger partial charge in [0.25, 0.3) is 0 Å². The van der Waals surface area contributed by atoms with Gasteiger partial charge >= 0.3 is 0 Å². The molecule has 0 saturated carbocycles. The summed E-state index contributed by atoms with van der Waals surface area (Å²) < 4.78 is 1.04. The molecule has 0 radical (unpaired) electrons. The lowest BCUT2D eigenvalue weighted by Gasteiger charge is -2.24. The zero-order valence-electron chi connectivity index (χ0n) is 11.1. The van der Waals surface area contributed by atoms with E-state index in [-0.39, 0.29) is 0 Å². The summed E-state index contributed by atoms with van der Waals surface area (Å²) in [7, 11) is 2.11. The van der Waals surface area contributed by atoms with Crippen molar-refractivity contribution in [2.24, 2.45) is 5.92 Å². The van der Waals surface area contributed by atoms with Crippen LogP contribution in [0.3, 0.4) is 0 Å². The number of benzene rings is 1. The van der Waals surface area contributed by atoms with Gasteiger partial charge < -0.3 is 10.0 Å². The van der Waals surface area contributed by atoms with E-state index in [9.17, 15) is 5.11 Å². The molecule has 0 aliphatic rings. The fraction of sp³-hybridized carbons (Fsp3) is 0.571. The van der Waals surface area contributed by atoms with Gasteiger partial charge in [0.2, 0.25) is 0 Å². The third-order valence-electron chi connectivity index (χ3n) is 3.15. The molecule has 0 aliphatic heterocycles. The van der Waals surface area contributed by atoms with Gasteiger partial charge in [-0.15, -0.1) is 0 Å². The number of aliphatic hydroxyl groups excluding tert-OH is 1. The smallest absolute Gasteiger partial charge is 0.0762 e. The second-order valence-electron chi connectivity index (χ2n) is 4.78. The van der Waals surface area contributed by atoms with Crippen LogP contribution in [0.1, 0.15) is 38.9 Å². The SMILES string of the molecule is CCC(C)CN(C)c1ccc([C@H](C)O)cc1Br. The van der Waals surface area contributed by atoms with Crippen LogP contribution < -0.4 is 4.90 Å². The summed E-state index contributed by atoms with van der Waals surface area (Å²) in [6.07, 6.45) is 0.772. The zero-order chi connectivity index (χ0) is 13.0. The summed E-state index contributed by atoms with van der Waals surface area (Å²) >= 11 is 3.58. The first-order valence-electron chi connectivity index (χ1n) is 6.14. The van der Waals surface area contributed by atoms with Crippen LogP contribution in [0.5, 0.6) is 0 Å². The quantitative estimate of drug-likeness (QED) is 0.889. The summed E-state index contributed by atoms with van der Waals surface area (Å²) in [6.45, 7) is 7.30. The van der Waals surface area contributed by atoms with Gasteiger partial charge in [-0.25, -0.2) is 0 Å². The molecule has 2 nitrogen and oxygen atoms in total. The Morgan fingerprint density at radius 3 is 2.47 bits per heavy atom. The molecule has 1 unspecified atom stereocenters. The first-order valence-corrected chi connectivity index (χ1v) is 6.93. The van der Waals surface area contributed by atoms with Crippen molar-refractivity contribution < 1.29 is 5.11 Å². The van der Waals surface area contributed by atoms with Crippen LogP contribution in [0.25, 0.3) is 0 Å². The Labute approximate surface area is 113 Å². The van der Waals surface area contributed by atoms with Crippen LogP contribution in [0.15, 0.2) is 22.7 Å². The highest BCUT2D eigenvalue weighted by molar-refractivity contribution is 9.10. The highest BCUT2D eigenvalue weighted by atomic mass is 79.9. The van der Waals surface area contributed by atoms with Gasteiger partial charge in [-0.3, -0.25) is 0 Å². The van der Waals surface area contributed by atoms with Gasteiger partial charge in [-0.2, -0.15) is 0 Å². The minimum absolute atomic E-state index is 0.416. The van der Waals surface area contributed by atoms with E-state index in [1.54, 1.807) is 6.92 Å². The molecule has 2 atom stereocenters. The van der Waals surface area contributed by atoms with Gasteiger partial charge in [-0.1, -0.05) is 26.3 Å². The molecule has 0 spiro atoms. The molecule has 0 heterocycles. The third kappa shape index (κ3) is 4.00. The normalized spacial score (nSPS) is 14.5. The molecule has 1 aromatic rings. The average molecular weight is 300 g/mol. The van der Waals surface area contributed by atoms with Gasteiger partial charge in [0, 0.05) is 18.1 Å². The number of hydrogen-bond acceptors (Lipinski definition) is 2. The first-order chi connectivity index (χ1) is 7.95. The maximum atomic E-state index is 9.53. The maximum Gasteiger partial charge on any atom is 0.0762 e. The lowest BCUT2D eigenvalue weighted by atomic mass is 10.1. The van der Waals surface area contributed by atoms with Crippen LogP contribution in [-0.4, -0.2) is 18.7 Å². The minimum atomic E-state index is -0.416. The number of anilines is 1. The fourth-order valence-corrected chi connectivity index (χ4v) is 2.49. The predicted molar refractivity (Wildman–Crippen MR) is 77.5 cm³/mol. The first kappa shape index (κ1) is 14.5. The number of rotatable bonds is 5. The van der Waals surface area contributed by atoms with E-state index in [2.05, 4.69) is 47.8 Å². The van der Waals surface area contributed by atoms with Crippen molar-refractivity contribution in [1.29, 1.82) is 0 Å². The van der Waals surface area contributed by atoms with Crippen molar-refractivity contribution >= 4 is 21.6 Å². The van der Waals surface area contributed by atoms with E-state index in [1.807, 2.05) is 12.1 Å². The lowest BCUT2D eigenvalue weighted by Crippen LogP contribution is -2.23. The second-order valence-corrected chi connectivity index (χ2v) is 5.64. The largest absolute Gasteiger partial charge is 0.389 e. The van der Waals surface area contributed by atoms with E-state index in [0.29, 0.717) is 5.92 Å². The Kier molecular flexibility index (Phi) is 5.47. The molecule has 3 heteroatoms. The van der Waals surface area contributed by atoms with Gasteiger partial charge in [0.15, 0.2) is 0 Å². The number of halogens is 1. The van der Waals surface area contributed by atoms with E-state index >= 15 is 0 Å². The van der Waals surface area contributed by atoms with E-state index in [1.165, 1.54) is 12.1 Å². The Balaban J connectivity index is 2.84. The highest BCUT2D eigenvalue weighted by Crippen LogP contribution is 2.29. The summed E-state index contributed by atoms with van der Waals surface area (Å²) in [5.74, 6) is 0.684.